The number of benzene rings is 2. The van der Waals surface area contributed by atoms with Gasteiger partial charge < -0.3 is 15.4 Å². The van der Waals surface area contributed by atoms with Crippen LogP contribution in [-0.2, 0) is 0 Å². The summed E-state index contributed by atoms with van der Waals surface area (Å²) in [5, 5.41) is 6.23. The van der Waals surface area contributed by atoms with Crippen LogP contribution in [0, 0.1) is 0 Å². The molecule has 0 aliphatic rings. The Morgan fingerprint density at radius 2 is 1.77 bits per heavy atom. The first-order valence-corrected chi connectivity index (χ1v) is 8.38. The molecule has 3 aromatic rings. The maximum absolute atomic E-state index is 12.6. The van der Waals surface area contributed by atoms with Crippen LogP contribution in [0.5, 0.6) is 5.75 Å². The van der Waals surface area contributed by atoms with Crippen molar-refractivity contribution in [3.63, 3.8) is 0 Å². The molecule has 1 amide bonds. The summed E-state index contributed by atoms with van der Waals surface area (Å²) in [4.78, 5) is 16.7. The second kappa shape index (κ2) is 8.16. The van der Waals surface area contributed by atoms with E-state index >= 15 is 0 Å². The largest absolute Gasteiger partial charge is 0.495 e. The topological polar surface area (TPSA) is 63.2 Å². The number of rotatable bonds is 6. The van der Waals surface area contributed by atoms with Gasteiger partial charge in [0.15, 0.2) is 0 Å². The number of nitrogens with one attached hydrogen (secondary N) is 2. The average molecular weight is 347 g/mol. The monoisotopic (exact) mass is 347 g/mol. The molecule has 1 aromatic heterocycles. The minimum Gasteiger partial charge on any atom is -0.495 e. The molecule has 5 heteroatoms. The Kier molecular flexibility index (Phi) is 5.49. The van der Waals surface area contributed by atoms with E-state index in [1.165, 1.54) is 0 Å². The minimum atomic E-state index is -0.238. The Morgan fingerprint density at radius 1 is 1.04 bits per heavy atom. The maximum atomic E-state index is 12.6. The molecule has 0 saturated heterocycles. The lowest BCUT2D eigenvalue weighted by Crippen LogP contribution is -2.14. The summed E-state index contributed by atoms with van der Waals surface area (Å²) in [6.45, 7) is 2.07. The fourth-order valence-electron chi connectivity index (χ4n) is 2.66. The number of carbonyl (C=O) groups is 1. The predicted molar refractivity (Wildman–Crippen MR) is 104 cm³/mol. The number of nitrogens with zero attached hydrogens (tertiary/aromatic N) is 1. The highest BCUT2D eigenvalue weighted by Crippen LogP contribution is 2.24. The van der Waals surface area contributed by atoms with Gasteiger partial charge in [0.05, 0.1) is 24.0 Å². The number of carbonyl (C=O) groups excluding carboxylic acids is 1. The van der Waals surface area contributed by atoms with Crippen molar-refractivity contribution in [2.45, 2.75) is 13.0 Å². The summed E-state index contributed by atoms with van der Waals surface area (Å²) in [6, 6.07) is 19.3. The lowest BCUT2D eigenvalue weighted by Gasteiger charge is -2.16. The lowest BCUT2D eigenvalue weighted by molar-refractivity contribution is 0.102. The van der Waals surface area contributed by atoms with Crippen LogP contribution in [0.25, 0.3) is 0 Å². The van der Waals surface area contributed by atoms with Crippen LogP contribution in [0.2, 0.25) is 0 Å². The molecule has 2 aromatic carbocycles. The van der Waals surface area contributed by atoms with Crippen LogP contribution in [0.3, 0.4) is 0 Å². The van der Waals surface area contributed by atoms with Gasteiger partial charge in [-0.1, -0.05) is 42.5 Å². The van der Waals surface area contributed by atoms with Crippen molar-refractivity contribution in [3.8, 4) is 5.75 Å². The van der Waals surface area contributed by atoms with Gasteiger partial charge in [-0.3, -0.25) is 9.78 Å². The zero-order valence-corrected chi connectivity index (χ0v) is 14.8. The second-order valence-electron chi connectivity index (χ2n) is 5.89. The highest BCUT2D eigenvalue weighted by molar-refractivity contribution is 6.05. The molecule has 0 aliphatic carbocycles. The van der Waals surface area contributed by atoms with Crippen LogP contribution >= 0.6 is 0 Å². The van der Waals surface area contributed by atoms with E-state index in [2.05, 4.69) is 34.7 Å². The first-order chi connectivity index (χ1) is 12.7. The van der Waals surface area contributed by atoms with Crippen molar-refractivity contribution in [3.05, 3.63) is 84.2 Å². The van der Waals surface area contributed by atoms with Crippen LogP contribution in [0.15, 0.2) is 73.1 Å². The van der Waals surface area contributed by atoms with Crippen LogP contribution in [0.1, 0.15) is 28.9 Å². The summed E-state index contributed by atoms with van der Waals surface area (Å²) in [6.07, 6.45) is 3.25. The van der Waals surface area contributed by atoms with Gasteiger partial charge in [0.2, 0.25) is 0 Å². The molecule has 0 spiro atoms. The molecule has 0 radical (unpaired) electrons. The molecule has 0 aliphatic heterocycles. The summed E-state index contributed by atoms with van der Waals surface area (Å²) >= 11 is 0. The van der Waals surface area contributed by atoms with Gasteiger partial charge in [0.25, 0.3) is 5.91 Å². The number of methoxy groups -OCH3 is 1. The average Bonchev–Trinajstić information content (AvgIpc) is 2.69. The molecule has 132 valence electrons. The van der Waals surface area contributed by atoms with Crippen molar-refractivity contribution in [1.29, 1.82) is 0 Å². The maximum Gasteiger partial charge on any atom is 0.257 e. The number of aromatic nitrogens is 1. The Hall–Kier alpha value is -3.34. The number of amides is 1. The standard InChI is InChI=1S/C21H21N3O2/c1-15(16-8-4-3-5-9-16)23-18-12-17(13-22-14-18)21(25)24-19-10-6-7-11-20(19)26-2/h3-15,23H,1-2H3,(H,24,25). The number of pyridine rings is 1. The number of anilines is 2. The van der Waals surface area contributed by atoms with Gasteiger partial charge in [0, 0.05) is 18.4 Å². The van der Waals surface area contributed by atoms with E-state index in [0.29, 0.717) is 17.0 Å². The normalized spacial score (nSPS) is 11.5. The smallest absolute Gasteiger partial charge is 0.257 e. The lowest BCUT2D eigenvalue weighted by atomic mass is 10.1. The molecular formula is C21H21N3O2. The summed E-state index contributed by atoms with van der Waals surface area (Å²) in [5.74, 6) is 0.374. The quantitative estimate of drug-likeness (QED) is 0.688. The molecule has 0 saturated carbocycles. The molecule has 26 heavy (non-hydrogen) atoms. The Bertz CT molecular complexity index is 881. The van der Waals surface area contributed by atoms with Gasteiger partial charge >= 0.3 is 0 Å². The summed E-state index contributed by atoms with van der Waals surface area (Å²) in [7, 11) is 1.57. The van der Waals surface area contributed by atoms with Crippen LogP contribution < -0.4 is 15.4 Å². The predicted octanol–water partition coefficient (Wildman–Crippen LogP) is 4.52. The van der Waals surface area contributed by atoms with Crippen molar-refractivity contribution in [2.75, 3.05) is 17.7 Å². The Labute approximate surface area is 153 Å². The summed E-state index contributed by atoms with van der Waals surface area (Å²) in [5.41, 5.74) is 3.04. The molecule has 3 rings (SSSR count). The van der Waals surface area contributed by atoms with Crippen molar-refractivity contribution >= 4 is 17.3 Å². The first-order valence-electron chi connectivity index (χ1n) is 8.38. The molecule has 2 N–H and O–H groups in total. The van der Waals surface area contributed by atoms with Crippen LogP contribution in [0.4, 0.5) is 11.4 Å². The van der Waals surface area contributed by atoms with Crippen molar-refractivity contribution < 1.29 is 9.53 Å². The fourth-order valence-corrected chi connectivity index (χ4v) is 2.66. The van der Waals surface area contributed by atoms with Gasteiger partial charge in [-0.2, -0.15) is 0 Å². The molecule has 1 heterocycles. The minimum absolute atomic E-state index is 0.102. The zero-order chi connectivity index (χ0) is 18.4. The number of para-hydroxylation sites is 2. The molecule has 0 bridgehead atoms. The zero-order valence-electron chi connectivity index (χ0n) is 14.8. The van der Waals surface area contributed by atoms with E-state index in [4.69, 9.17) is 4.74 Å². The Balaban J connectivity index is 1.73. The first kappa shape index (κ1) is 17.5. The highest BCUT2D eigenvalue weighted by atomic mass is 16.5. The third-order valence-corrected chi connectivity index (χ3v) is 4.04. The Morgan fingerprint density at radius 3 is 2.54 bits per heavy atom. The number of hydrogen-bond acceptors (Lipinski definition) is 4. The SMILES string of the molecule is COc1ccccc1NC(=O)c1cncc(NC(C)c2ccccc2)c1. The van der Waals surface area contributed by atoms with E-state index in [9.17, 15) is 4.79 Å². The third-order valence-electron chi connectivity index (χ3n) is 4.04. The van der Waals surface area contributed by atoms with E-state index in [-0.39, 0.29) is 11.9 Å². The summed E-state index contributed by atoms with van der Waals surface area (Å²) < 4.78 is 5.26. The second-order valence-corrected chi connectivity index (χ2v) is 5.89. The van der Waals surface area contributed by atoms with Gasteiger partial charge in [-0.25, -0.2) is 0 Å². The third kappa shape index (κ3) is 4.19. The van der Waals surface area contributed by atoms with Gasteiger partial charge in [-0.05, 0) is 30.7 Å². The van der Waals surface area contributed by atoms with Crippen molar-refractivity contribution in [1.82, 2.24) is 4.98 Å². The molecule has 5 nitrogen and oxygen atoms in total. The molecule has 1 unspecified atom stereocenters. The van der Waals surface area contributed by atoms with Crippen molar-refractivity contribution in [2.24, 2.45) is 0 Å². The number of ether oxygens (including phenoxy) is 1. The molecule has 1 atom stereocenters. The highest BCUT2D eigenvalue weighted by Gasteiger charge is 2.11. The van der Waals surface area contributed by atoms with Gasteiger partial charge in [-0.15, -0.1) is 0 Å². The van der Waals surface area contributed by atoms with E-state index < -0.39 is 0 Å². The fraction of sp³-hybridized carbons (Fsp3) is 0.143. The van der Waals surface area contributed by atoms with E-state index in [0.717, 1.165) is 11.3 Å². The van der Waals surface area contributed by atoms with E-state index in [1.54, 1.807) is 37.7 Å². The molecular weight excluding hydrogens is 326 g/mol. The number of hydrogen-bond donors (Lipinski definition) is 2. The van der Waals surface area contributed by atoms with E-state index in [1.807, 2.05) is 30.3 Å². The van der Waals surface area contributed by atoms with Crippen LogP contribution in [-0.4, -0.2) is 18.0 Å². The van der Waals surface area contributed by atoms with Gasteiger partial charge in [0.1, 0.15) is 5.75 Å². The molecule has 0 fully saturated rings.